The lowest BCUT2D eigenvalue weighted by Crippen LogP contribution is -2.39. The zero-order valence-electron chi connectivity index (χ0n) is 11.3. The normalized spacial score (nSPS) is 13.3. The van der Waals surface area contributed by atoms with Gasteiger partial charge in [0, 0.05) is 35.0 Å². The minimum absolute atomic E-state index is 0.118. The zero-order valence-corrected chi connectivity index (χ0v) is 12.1. The molecule has 2 atom stereocenters. The van der Waals surface area contributed by atoms with Gasteiger partial charge >= 0.3 is 12.0 Å². The summed E-state index contributed by atoms with van der Waals surface area (Å²) in [6.45, 7) is 2.20. The van der Waals surface area contributed by atoms with Crippen LogP contribution in [0.3, 0.4) is 0 Å². The molecule has 2 amide bonds. The number of carbonyl (C=O) groups excluding carboxylic acids is 1. The van der Waals surface area contributed by atoms with Crippen LogP contribution in [-0.4, -0.2) is 44.4 Å². The Labute approximate surface area is 119 Å². The number of amides is 2. The molecule has 1 rings (SSSR count). The molecular formula is C12H17N3O4S. The van der Waals surface area contributed by atoms with Crippen LogP contribution in [0.4, 0.5) is 4.79 Å². The molecule has 1 aromatic heterocycles. The van der Waals surface area contributed by atoms with Gasteiger partial charge < -0.3 is 15.7 Å². The van der Waals surface area contributed by atoms with Crippen molar-refractivity contribution in [3.63, 3.8) is 0 Å². The molecule has 1 heterocycles. The maximum Gasteiger partial charge on any atom is 0.335 e. The minimum atomic E-state index is -1.04. The highest BCUT2D eigenvalue weighted by Crippen LogP contribution is 2.01. The second kappa shape index (κ2) is 7.59. The van der Waals surface area contributed by atoms with Gasteiger partial charge in [0.25, 0.3) is 0 Å². The summed E-state index contributed by atoms with van der Waals surface area (Å²) in [5.41, 5.74) is 0.569. The first-order valence-electron chi connectivity index (χ1n) is 5.92. The molecule has 0 aromatic carbocycles. The third kappa shape index (κ3) is 5.35. The Balaban J connectivity index is 2.43. The van der Waals surface area contributed by atoms with Gasteiger partial charge in [-0.2, -0.15) is 0 Å². The number of nitrogens with one attached hydrogen (secondary N) is 2. The number of hydrogen-bond acceptors (Lipinski definition) is 4. The van der Waals surface area contributed by atoms with E-state index < -0.39 is 22.8 Å². The van der Waals surface area contributed by atoms with Gasteiger partial charge in [0.05, 0.1) is 17.8 Å². The van der Waals surface area contributed by atoms with E-state index in [4.69, 9.17) is 5.11 Å². The quantitative estimate of drug-likeness (QED) is 0.702. The van der Waals surface area contributed by atoms with Gasteiger partial charge in [-0.1, -0.05) is 0 Å². The van der Waals surface area contributed by atoms with E-state index in [0.29, 0.717) is 12.2 Å². The van der Waals surface area contributed by atoms with E-state index in [-0.39, 0.29) is 17.4 Å². The van der Waals surface area contributed by atoms with Crippen LogP contribution in [-0.2, 0) is 17.3 Å². The summed E-state index contributed by atoms with van der Waals surface area (Å²) in [4.78, 5) is 26.2. The van der Waals surface area contributed by atoms with Crippen molar-refractivity contribution in [2.45, 2.75) is 18.7 Å². The fraction of sp³-hybridized carbons (Fsp3) is 0.417. The molecule has 110 valence electrons. The average molecular weight is 299 g/mol. The third-order valence-electron chi connectivity index (χ3n) is 2.61. The lowest BCUT2D eigenvalue weighted by atomic mass is 10.2. The molecule has 0 saturated carbocycles. The number of aromatic carboxylic acids is 1. The molecule has 1 aromatic rings. The molecule has 0 spiro atoms. The molecule has 20 heavy (non-hydrogen) atoms. The number of rotatable bonds is 6. The molecule has 0 aliphatic carbocycles. The second-order valence-electron chi connectivity index (χ2n) is 4.21. The van der Waals surface area contributed by atoms with E-state index >= 15 is 0 Å². The highest BCUT2D eigenvalue weighted by molar-refractivity contribution is 7.84. The van der Waals surface area contributed by atoms with Gasteiger partial charge in [0.15, 0.2) is 0 Å². The zero-order chi connectivity index (χ0) is 15.1. The Morgan fingerprint density at radius 2 is 2.15 bits per heavy atom. The highest BCUT2D eigenvalue weighted by atomic mass is 32.2. The Morgan fingerprint density at radius 3 is 2.75 bits per heavy atom. The van der Waals surface area contributed by atoms with Crippen LogP contribution >= 0.6 is 0 Å². The molecule has 0 fully saturated rings. The fourth-order valence-corrected chi connectivity index (χ4v) is 1.61. The standard InChI is InChI=1S/C12H17N3O4S/c1-8(20(2)19)6-14-12(18)15-7-10-5-9(11(16)17)3-4-13-10/h3-5,8H,6-7H2,1-2H3,(H,16,17)(H2,14,15,18). The van der Waals surface area contributed by atoms with Crippen molar-refractivity contribution in [3.05, 3.63) is 29.6 Å². The van der Waals surface area contributed by atoms with Crippen LogP contribution in [0.25, 0.3) is 0 Å². The van der Waals surface area contributed by atoms with Crippen LogP contribution < -0.4 is 10.6 Å². The van der Waals surface area contributed by atoms with Gasteiger partial charge in [0.1, 0.15) is 0 Å². The molecule has 3 N–H and O–H groups in total. The monoisotopic (exact) mass is 299 g/mol. The largest absolute Gasteiger partial charge is 0.478 e. The van der Waals surface area contributed by atoms with Crippen LogP contribution in [0.2, 0.25) is 0 Å². The van der Waals surface area contributed by atoms with E-state index in [1.54, 1.807) is 13.2 Å². The molecule has 0 aliphatic rings. The Bertz CT molecular complexity index is 521. The van der Waals surface area contributed by atoms with E-state index in [2.05, 4.69) is 15.6 Å². The van der Waals surface area contributed by atoms with E-state index in [9.17, 15) is 13.8 Å². The maximum absolute atomic E-state index is 11.5. The molecular weight excluding hydrogens is 282 g/mol. The third-order valence-corrected chi connectivity index (χ3v) is 3.91. The van der Waals surface area contributed by atoms with Crippen LogP contribution in [0, 0.1) is 0 Å². The number of nitrogens with zero attached hydrogens (tertiary/aromatic N) is 1. The van der Waals surface area contributed by atoms with Gasteiger partial charge in [-0.15, -0.1) is 0 Å². The van der Waals surface area contributed by atoms with Gasteiger partial charge in [-0.3, -0.25) is 9.19 Å². The lowest BCUT2D eigenvalue weighted by molar-refractivity contribution is 0.0696. The van der Waals surface area contributed by atoms with Crippen LogP contribution in [0.1, 0.15) is 23.0 Å². The van der Waals surface area contributed by atoms with Crippen molar-refractivity contribution in [3.8, 4) is 0 Å². The predicted molar refractivity (Wildman–Crippen MR) is 75.0 cm³/mol. The number of carboxylic acid groups (broad SMARTS) is 1. The Kier molecular flexibility index (Phi) is 6.10. The van der Waals surface area contributed by atoms with Gasteiger partial charge in [0.2, 0.25) is 0 Å². The summed E-state index contributed by atoms with van der Waals surface area (Å²) in [6.07, 6.45) is 2.95. The first-order valence-corrected chi connectivity index (χ1v) is 7.54. The fourth-order valence-electron chi connectivity index (χ4n) is 1.30. The SMILES string of the molecule is CC(CNC(=O)NCc1cc(C(=O)O)ccn1)S(C)=O. The molecule has 0 bridgehead atoms. The van der Waals surface area contributed by atoms with E-state index in [0.717, 1.165) is 0 Å². The molecule has 0 aliphatic heterocycles. The summed E-state index contributed by atoms with van der Waals surface area (Å²) in [6, 6.07) is 2.36. The van der Waals surface area contributed by atoms with Crippen LogP contribution in [0.15, 0.2) is 18.3 Å². The molecule has 0 saturated heterocycles. The van der Waals surface area contributed by atoms with E-state index in [1.807, 2.05) is 0 Å². The van der Waals surface area contributed by atoms with Crippen molar-refractivity contribution >= 4 is 22.8 Å². The minimum Gasteiger partial charge on any atom is -0.478 e. The van der Waals surface area contributed by atoms with Gasteiger partial charge in [-0.25, -0.2) is 9.59 Å². The van der Waals surface area contributed by atoms with Crippen LogP contribution in [0.5, 0.6) is 0 Å². The first-order chi connectivity index (χ1) is 9.40. The maximum atomic E-state index is 11.5. The first kappa shape index (κ1) is 16.1. The van der Waals surface area contributed by atoms with Crippen molar-refractivity contribution in [2.75, 3.05) is 12.8 Å². The number of carboxylic acids is 1. The van der Waals surface area contributed by atoms with Gasteiger partial charge in [-0.05, 0) is 19.1 Å². The summed E-state index contributed by atoms with van der Waals surface area (Å²) in [7, 11) is -0.995. The number of aromatic nitrogens is 1. The smallest absolute Gasteiger partial charge is 0.335 e. The van der Waals surface area contributed by atoms with E-state index in [1.165, 1.54) is 18.3 Å². The summed E-state index contributed by atoms with van der Waals surface area (Å²) in [5, 5.41) is 13.8. The highest BCUT2D eigenvalue weighted by Gasteiger charge is 2.09. The number of hydrogen-bond donors (Lipinski definition) is 3. The Morgan fingerprint density at radius 1 is 1.45 bits per heavy atom. The summed E-state index contributed by atoms with van der Waals surface area (Å²) >= 11 is 0. The average Bonchev–Trinajstić information content (AvgIpc) is 2.42. The Hall–Kier alpha value is -1.96. The van der Waals surface area contributed by atoms with Crippen molar-refractivity contribution in [1.29, 1.82) is 0 Å². The van der Waals surface area contributed by atoms with Crippen molar-refractivity contribution in [2.24, 2.45) is 0 Å². The topological polar surface area (TPSA) is 108 Å². The molecule has 8 heteroatoms. The predicted octanol–water partition coefficient (Wildman–Crippen LogP) is 0.346. The molecule has 7 nitrogen and oxygen atoms in total. The van der Waals surface area contributed by atoms with Crippen molar-refractivity contribution < 1.29 is 18.9 Å². The second-order valence-corrected chi connectivity index (χ2v) is 6.02. The summed E-state index contributed by atoms with van der Waals surface area (Å²) in [5.74, 6) is -1.04. The molecule has 0 radical (unpaired) electrons. The number of pyridine rings is 1. The number of carbonyl (C=O) groups is 2. The van der Waals surface area contributed by atoms with Crippen molar-refractivity contribution in [1.82, 2.24) is 15.6 Å². The summed E-state index contributed by atoms with van der Waals surface area (Å²) < 4.78 is 11.1. The number of urea groups is 1. The lowest BCUT2D eigenvalue weighted by Gasteiger charge is -2.11. The molecule has 2 unspecified atom stereocenters.